The van der Waals surface area contributed by atoms with Gasteiger partial charge in [0.25, 0.3) is 0 Å². The van der Waals surface area contributed by atoms with Crippen LogP contribution in [0.3, 0.4) is 0 Å². The zero-order valence-corrected chi connectivity index (χ0v) is 10.6. The highest BCUT2D eigenvalue weighted by molar-refractivity contribution is 5.36. The van der Waals surface area contributed by atoms with Crippen molar-refractivity contribution in [2.45, 2.75) is 38.6 Å². The van der Waals surface area contributed by atoms with Crippen molar-refractivity contribution in [3.8, 4) is 0 Å². The first-order chi connectivity index (χ1) is 8.29. The van der Waals surface area contributed by atoms with Crippen LogP contribution in [-0.4, -0.2) is 23.8 Å². The molecule has 0 aliphatic heterocycles. The molecule has 1 fully saturated rings. The highest BCUT2D eigenvalue weighted by Gasteiger charge is 2.16. The number of anilines is 1. The van der Waals surface area contributed by atoms with Crippen molar-refractivity contribution < 1.29 is 0 Å². The van der Waals surface area contributed by atoms with E-state index in [1.165, 1.54) is 32.1 Å². The van der Waals surface area contributed by atoms with Gasteiger partial charge in [-0.05, 0) is 30.9 Å². The lowest BCUT2D eigenvalue weighted by Gasteiger charge is -2.27. The van der Waals surface area contributed by atoms with Gasteiger partial charge >= 0.3 is 0 Å². The zero-order valence-electron chi connectivity index (χ0n) is 10.6. The number of hydrogen-bond acceptors (Lipinski definition) is 4. The number of aromatic nitrogens is 2. The molecule has 0 amide bonds. The average Bonchev–Trinajstić information content (AvgIpc) is 2.40. The topological polar surface area (TPSA) is 55.0 Å². The van der Waals surface area contributed by atoms with Crippen molar-refractivity contribution in [2.75, 3.05) is 18.5 Å². The van der Waals surface area contributed by atoms with Crippen LogP contribution in [0.2, 0.25) is 0 Å². The number of hydrogen-bond donors (Lipinski definition) is 1. The van der Waals surface area contributed by atoms with E-state index in [0.717, 1.165) is 24.0 Å². The molecule has 0 radical (unpaired) electrons. The monoisotopic (exact) mass is 234 g/mol. The van der Waals surface area contributed by atoms with Crippen LogP contribution in [0, 0.1) is 5.92 Å². The predicted octanol–water partition coefficient (Wildman–Crippen LogP) is 1.95. The molecule has 17 heavy (non-hydrogen) atoms. The Bertz CT molecular complexity index is 330. The average molecular weight is 234 g/mol. The van der Waals surface area contributed by atoms with E-state index in [4.69, 9.17) is 5.73 Å². The van der Waals surface area contributed by atoms with Gasteiger partial charge in [0.2, 0.25) is 0 Å². The van der Waals surface area contributed by atoms with Gasteiger partial charge in [0.15, 0.2) is 5.82 Å². The molecular formula is C13H22N4. The van der Waals surface area contributed by atoms with Gasteiger partial charge in [-0.2, -0.15) is 5.10 Å². The van der Waals surface area contributed by atoms with Gasteiger partial charge in [-0.3, -0.25) is 0 Å². The fourth-order valence-electron chi connectivity index (χ4n) is 2.52. The van der Waals surface area contributed by atoms with Gasteiger partial charge in [0.05, 0.1) is 5.69 Å². The van der Waals surface area contributed by atoms with Gasteiger partial charge in [-0.1, -0.05) is 19.3 Å². The highest BCUT2D eigenvalue weighted by atomic mass is 15.2. The number of nitrogens with zero attached hydrogens (tertiary/aromatic N) is 3. The van der Waals surface area contributed by atoms with Crippen LogP contribution in [0.25, 0.3) is 0 Å². The van der Waals surface area contributed by atoms with Crippen molar-refractivity contribution in [3.63, 3.8) is 0 Å². The first-order valence-corrected chi connectivity index (χ1v) is 6.53. The quantitative estimate of drug-likeness (QED) is 0.865. The summed E-state index contributed by atoms with van der Waals surface area (Å²) in [7, 11) is 2.10. The molecule has 0 atom stereocenters. The summed E-state index contributed by atoms with van der Waals surface area (Å²) in [5, 5.41) is 8.31. The first kappa shape index (κ1) is 12.3. The first-order valence-electron chi connectivity index (χ1n) is 6.53. The third kappa shape index (κ3) is 3.40. The fourth-order valence-corrected chi connectivity index (χ4v) is 2.52. The lowest BCUT2D eigenvalue weighted by Crippen LogP contribution is -2.27. The van der Waals surface area contributed by atoms with Gasteiger partial charge in [0, 0.05) is 20.1 Å². The summed E-state index contributed by atoms with van der Waals surface area (Å²) in [5.41, 5.74) is 6.36. The van der Waals surface area contributed by atoms with Crippen molar-refractivity contribution in [3.05, 3.63) is 17.8 Å². The molecule has 1 heterocycles. The molecule has 0 saturated heterocycles. The summed E-state index contributed by atoms with van der Waals surface area (Å²) in [4.78, 5) is 2.21. The van der Waals surface area contributed by atoms with E-state index in [2.05, 4.69) is 22.1 Å². The Labute approximate surface area is 103 Å². The minimum atomic E-state index is 0.458. The van der Waals surface area contributed by atoms with Crippen LogP contribution >= 0.6 is 0 Å². The Hall–Kier alpha value is -1.16. The molecule has 4 heteroatoms. The summed E-state index contributed by atoms with van der Waals surface area (Å²) in [6, 6.07) is 3.97. The Kier molecular flexibility index (Phi) is 4.31. The second kappa shape index (κ2) is 5.96. The van der Waals surface area contributed by atoms with Gasteiger partial charge in [0.1, 0.15) is 0 Å². The zero-order chi connectivity index (χ0) is 12.1. The molecule has 1 aliphatic carbocycles. The molecular weight excluding hydrogens is 212 g/mol. The number of nitrogens with two attached hydrogens (primary N) is 1. The van der Waals surface area contributed by atoms with Crippen LogP contribution in [-0.2, 0) is 6.54 Å². The summed E-state index contributed by atoms with van der Waals surface area (Å²) in [5.74, 6) is 1.78. The third-order valence-electron chi connectivity index (χ3n) is 3.56. The Balaban J connectivity index is 1.91. The molecule has 1 saturated carbocycles. The number of rotatable bonds is 4. The van der Waals surface area contributed by atoms with Crippen LogP contribution < -0.4 is 10.6 Å². The molecule has 2 N–H and O–H groups in total. The van der Waals surface area contributed by atoms with E-state index in [1.54, 1.807) is 0 Å². The molecule has 1 aliphatic rings. The van der Waals surface area contributed by atoms with Crippen LogP contribution in [0.1, 0.15) is 37.8 Å². The molecule has 1 aromatic rings. The maximum Gasteiger partial charge on any atom is 0.150 e. The van der Waals surface area contributed by atoms with Crippen LogP contribution in [0.15, 0.2) is 12.1 Å². The van der Waals surface area contributed by atoms with Crippen LogP contribution in [0.4, 0.5) is 5.82 Å². The van der Waals surface area contributed by atoms with E-state index < -0.39 is 0 Å². The molecule has 2 rings (SSSR count). The normalized spacial score (nSPS) is 17.1. The Morgan fingerprint density at radius 1 is 1.24 bits per heavy atom. The molecule has 1 aromatic heterocycles. The van der Waals surface area contributed by atoms with Crippen molar-refractivity contribution in [1.29, 1.82) is 0 Å². The van der Waals surface area contributed by atoms with Gasteiger partial charge in [-0.25, -0.2) is 0 Å². The SMILES string of the molecule is CN(CC1CCCCC1)c1ccc(CN)nn1. The second-order valence-electron chi connectivity index (χ2n) is 4.97. The highest BCUT2D eigenvalue weighted by Crippen LogP contribution is 2.25. The summed E-state index contributed by atoms with van der Waals surface area (Å²) < 4.78 is 0. The lowest BCUT2D eigenvalue weighted by molar-refractivity contribution is 0.361. The summed E-state index contributed by atoms with van der Waals surface area (Å²) >= 11 is 0. The molecule has 0 bridgehead atoms. The predicted molar refractivity (Wildman–Crippen MR) is 69.8 cm³/mol. The molecule has 0 aromatic carbocycles. The smallest absolute Gasteiger partial charge is 0.150 e. The Morgan fingerprint density at radius 3 is 2.59 bits per heavy atom. The largest absolute Gasteiger partial charge is 0.358 e. The van der Waals surface area contributed by atoms with Crippen LogP contribution in [0.5, 0.6) is 0 Å². The van der Waals surface area contributed by atoms with E-state index in [9.17, 15) is 0 Å². The molecule has 0 unspecified atom stereocenters. The van der Waals surface area contributed by atoms with Crippen molar-refractivity contribution in [2.24, 2.45) is 11.7 Å². The second-order valence-corrected chi connectivity index (χ2v) is 4.97. The molecule has 0 spiro atoms. The fraction of sp³-hybridized carbons (Fsp3) is 0.692. The molecule has 4 nitrogen and oxygen atoms in total. The summed E-state index contributed by atoms with van der Waals surface area (Å²) in [6.07, 6.45) is 6.90. The standard InChI is InChI=1S/C13H22N4/c1-17(10-11-5-3-2-4-6-11)13-8-7-12(9-14)15-16-13/h7-8,11H,2-6,9-10,14H2,1H3. The third-order valence-corrected chi connectivity index (χ3v) is 3.56. The van der Waals surface area contributed by atoms with Crippen molar-refractivity contribution in [1.82, 2.24) is 10.2 Å². The summed E-state index contributed by atoms with van der Waals surface area (Å²) in [6.45, 7) is 1.55. The van der Waals surface area contributed by atoms with E-state index in [1.807, 2.05) is 12.1 Å². The maximum atomic E-state index is 5.51. The van der Waals surface area contributed by atoms with Crippen molar-refractivity contribution >= 4 is 5.82 Å². The lowest BCUT2D eigenvalue weighted by atomic mass is 9.89. The maximum absolute atomic E-state index is 5.51. The van der Waals surface area contributed by atoms with E-state index in [-0.39, 0.29) is 0 Å². The van der Waals surface area contributed by atoms with Gasteiger partial charge < -0.3 is 10.6 Å². The minimum absolute atomic E-state index is 0.458. The van der Waals surface area contributed by atoms with E-state index in [0.29, 0.717) is 6.54 Å². The van der Waals surface area contributed by atoms with Gasteiger partial charge in [-0.15, -0.1) is 5.10 Å². The minimum Gasteiger partial charge on any atom is -0.358 e. The molecule has 94 valence electrons. The van der Waals surface area contributed by atoms with E-state index >= 15 is 0 Å². The Morgan fingerprint density at radius 2 is 2.00 bits per heavy atom.